The molecular formula is C14H11F3O3. The Labute approximate surface area is 113 Å². The van der Waals surface area contributed by atoms with Gasteiger partial charge < -0.3 is 14.6 Å². The summed E-state index contributed by atoms with van der Waals surface area (Å²) < 4.78 is 46.1. The summed E-state index contributed by atoms with van der Waals surface area (Å²) in [5, 5.41) is 9.81. The van der Waals surface area contributed by atoms with E-state index in [2.05, 4.69) is 4.74 Å². The number of hydrogen-bond acceptors (Lipinski definition) is 3. The van der Waals surface area contributed by atoms with Gasteiger partial charge in [0.1, 0.15) is 17.2 Å². The molecule has 0 aromatic heterocycles. The van der Waals surface area contributed by atoms with E-state index in [4.69, 9.17) is 4.74 Å². The van der Waals surface area contributed by atoms with Gasteiger partial charge in [-0.05, 0) is 24.3 Å². The molecule has 0 spiro atoms. The summed E-state index contributed by atoms with van der Waals surface area (Å²) >= 11 is 0. The Balaban J connectivity index is 2.52. The quantitative estimate of drug-likeness (QED) is 0.927. The zero-order valence-electron chi connectivity index (χ0n) is 10.4. The van der Waals surface area contributed by atoms with E-state index in [1.165, 1.54) is 43.5 Å². The van der Waals surface area contributed by atoms with Crippen LogP contribution in [-0.4, -0.2) is 18.6 Å². The number of methoxy groups -OCH3 is 1. The Kier molecular flexibility index (Phi) is 3.74. The number of alkyl halides is 3. The Hall–Kier alpha value is -2.37. The van der Waals surface area contributed by atoms with Gasteiger partial charge in [0.15, 0.2) is 0 Å². The molecule has 0 unspecified atom stereocenters. The summed E-state index contributed by atoms with van der Waals surface area (Å²) in [6.45, 7) is 0. The van der Waals surface area contributed by atoms with Gasteiger partial charge >= 0.3 is 6.36 Å². The number of halogens is 3. The van der Waals surface area contributed by atoms with Crippen molar-refractivity contribution in [2.75, 3.05) is 7.11 Å². The molecule has 0 bridgehead atoms. The number of ether oxygens (including phenoxy) is 2. The lowest BCUT2D eigenvalue weighted by Crippen LogP contribution is -2.17. The maximum Gasteiger partial charge on any atom is 0.573 e. The number of rotatable bonds is 3. The molecule has 1 N–H and O–H groups in total. The van der Waals surface area contributed by atoms with Crippen molar-refractivity contribution in [1.29, 1.82) is 0 Å². The van der Waals surface area contributed by atoms with Crippen LogP contribution in [0.15, 0.2) is 42.5 Å². The van der Waals surface area contributed by atoms with E-state index in [9.17, 15) is 18.3 Å². The molecule has 106 valence electrons. The van der Waals surface area contributed by atoms with Crippen LogP contribution in [0.4, 0.5) is 13.2 Å². The second-order valence-electron chi connectivity index (χ2n) is 3.93. The Morgan fingerprint density at radius 2 is 1.70 bits per heavy atom. The van der Waals surface area contributed by atoms with Crippen molar-refractivity contribution < 1.29 is 27.8 Å². The van der Waals surface area contributed by atoms with Crippen LogP contribution in [0, 0.1) is 0 Å². The maximum absolute atomic E-state index is 12.4. The minimum Gasteiger partial charge on any atom is -0.507 e. The zero-order valence-corrected chi connectivity index (χ0v) is 10.4. The molecule has 0 radical (unpaired) electrons. The van der Waals surface area contributed by atoms with Gasteiger partial charge in [-0.1, -0.05) is 18.2 Å². The molecule has 0 heterocycles. The molecule has 0 fully saturated rings. The van der Waals surface area contributed by atoms with Crippen LogP contribution in [0.3, 0.4) is 0 Å². The molecule has 0 aliphatic carbocycles. The molecule has 0 aliphatic heterocycles. The molecule has 2 aromatic carbocycles. The van der Waals surface area contributed by atoms with Gasteiger partial charge in [0.05, 0.1) is 7.11 Å². The monoisotopic (exact) mass is 284 g/mol. The van der Waals surface area contributed by atoms with Crippen LogP contribution >= 0.6 is 0 Å². The van der Waals surface area contributed by atoms with Crippen LogP contribution in [0.2, 0.25) is 0 Å². The third-order valence-corrected chi connectivity index (χ3v) is 2.61. The maximum atomic E-state index is 12.4. The number of phenolic OH excluding ortho intramolecular Hbond substituents is 1. The van der Waals surface area contributed by atoms with E-state index in [1.54, 1.807) is 6.07 Å². The van der Waals surface area contributed by atoms with Crippen molar-refractivity contribution in [1.82, 2.24) is 0 Å². The molecule has 0 saturated heterocycles. The van der Waals surface area contributed by atoms with E-state index in [0.717, 1.165) is 0 Å². The fraction of sp³-hybridized carbons (Fsp3) is 0.143. The molecule has 0 amide bonds. The van der Waals surface area contributed by atoms with Crippen molar-refractivity contribution in [3.8, 4) is 28.4 Å². The topological polar surface area (TPSA) is 38.7 Å². The average molecular weight is 284 g/mol. The normalized spacial score (nSPS) is 11.2. The number of phenols is 1. The SMILES string of the molecule is COc1ccc(O)c(-c2ccccc2OC(F)(F)F)c1. The van der Waals surface area contributed by atoms with Gasteiger partial charge in [-0.15, -0.1) is 13.2 Å². The van der Waals surface area contributed by atoms with Crippen LogP contribution in [0.25, 0.3) is 11.1 Å². The number of aromatic hydroxyl groups is 1. The summed E-state index contributed by atoms with van der Waals surface area (Å²) in [4.78, 5) is 0. The van der Waals surface area contributed by atoms with E-state index >= 15 is 0 Å². The number of hydrogen-bond donors (Lipinski definition) is 1. The highest BCUT2D eigenvalue weighted by Gasteiger charge is 2.32. The highest BCUT2D eigenvalue weighted by Crippen LogP contribution is 2.39. The van der Waals surface area contributed by atoms with Crippen LogP contribution in [-0.2, 0) is 0 Å². The molecule has 0 saturated carbocycles. The van der Waals surface area contributed by atoms with Gasteiger partial charge in [0, 0.05) is 11.1 Å². The lowest BCUT2D eigenvalue weighted by molar-refractivity contribution is -0.274. The Morgan fingerprint density at radius 1 is 1.00 bits per heavy atom. The van der Waals surface area contributed by atoms with Crippen molar-refractivity contribution in [2.45, 2.75) is 6.36 Å². The second-order valence-corrected chi connectivity index (χ2v) is 3.93. The first kappa shape index (κ1) is 14.0. The highest BCUT2D eigenvalue weighted by molar-refractivity contribution is 5.76. The van der Waals surface area contributed by atoms with Crippen LogP contribution in [0.1, 0.15) is 0 Å². The standard InChI is InChI=1S/C14H11F3O3/c1-19-9-6-7-12(18)11(8-9)10-4-2-3-5-13(10)20-14(15,16)17/h2-8,18H,1H3. The predicted molar refractivity (Wildman–Crippen MR) is 66.8 cm³/mol. The van der Waals surface area contributed by atoms with E-state index < -0.39 is 6.36 Å². The van der Waals surface area contributed by atoms with Crippen LogP contribution < -0.4 is 9.47 Å². The summed E-state index contributed by atoms with van der Waals surface area (Å²) in [5.74, 6) is -0.132. The summed E-state index contributed by atoms with van der Waals surface area (Å²) in [7, 11) is 1.42. The number of para-hydroxylation sites is 1. The fourth-order valence-electron chi connectivity index (χ4n) is 1.76. The molecule has 6 heteroatoms. The van der Waals surface area contributed by atoms with Crippen molar-refractivity contribution in [2.24, 2.45) is 0 Å². The third kappa shape index (κ3) is 3.14. The van der Waals surface area contributed by atoms with E-state index in [0.29, 0.717) is 5.75 Å². The molecule has 0 aliphatic rings. The first-order valence-corrected chi connectivity index (χ1v) is 5.63. The third-order valence-electron chi connectivity index (χ3n) is 2.61. The predicted octanol–water partition coefficient (Wildman–Crippen LogP) is 3.97. The molecule has 3 nitrogen and oxygen atoms in total. The fourth-order valence-corrected chi connectivity index (χ4v) is 1.76. The molecule has 2 rings (SSSR count). The van der Waals surface area contributed by atoms with Gasteiger partial charge in [-0.25, -0.2) is 0 Å². The van der Waals surface area contributed by atoms with Gasteiger partial charge in [-0.3, -0.25) is 0 Å². The largest absolute Gasteiger partial charge is 0.573 e. The molecular weight excluding hydrogens is 273 g/mol. The second kappa shape index (κ2) is 5.32. The van der Waals surface area contributed by atoms with Gasteiger partial charge in [-0.2, -0.15) is 0 Å². The zero-order chi connectivity index (χ0) is 14.8. The van der Waals surface area contributed by atoms with Gasteiger partial charge in [0.2, 0.25) is 0 Å². The highest BCUT2D eigenvalue weighted by atomic mass is 19.4. The first-order chi connectivity index (χ1) is 9.40. The van der Waals surface area contributed by atoms with E-state index in [-0.39, 0.29) is 22.6 Å². The summed E-state index contributed by atoms with van der Waals surface area (Å²) in [6.07, 6.45) is -4.80. The number of benzene rings is 2. The minimum absolute atomic E-state index is 0.126. The van der Waals surface area contributed by atoms with Crippen molar-refractivity contribution >= 4 is 0 Å². The van der Waals surface area contributed by atoms with E-state index in [1.807, 2.05) is 0 Å². The first-order valence-electron chi connectivity index (χ1n) is 5.63. The molecule has 0 atom stereocenters. The van der Waals surface area contributed by atoms with Crippen molar-refractivity contribution in [3.05, 3.63) is 42.5 Å². The summed E-state index contributed by atoms with van der Waals surface area (Å²) in [6, 6.07) is 9.87. The Morgan fingerprint density at radius 3 is 2.35 bits per heavy atom. The van der Waals surface area contributed by atoms with Crippen LogP contribution in [0.5, 0.6) is 17.2 Å². The lowest BCUT2D eigenvalue weighted by atomic mass is 10.0. The smallest absolute Gasteiger partial charge is 0.507 e. The molecule has 20 heavy (non-hydrogen) atoms. The minimum atomic E-state index is -4.80. The lowest BCUT2D eigenvalue weighted by Gasteiger charge is -2.14. The Bertz CT molecular complexity index is 609. The average Bonchev–Trinajstić information content (AvgIpc) is 2.38. The molecule has 2 aromatic rings. The van der Waals surface area contributed by atoms with Gasteiger partial charge in [0.25, 0.3) is 0 Å². The summed E-state index contributed by atoms with van der Waals surface area (Å²) in [5.41, 5.74) is 0.324. The van der Waals surface area contributed by atoms with Crippen molar-refractivity contribution in [3.63, 3.8) is 0 Å².